The third-order valence-electron chi connectivity index (χ3n) is 3.97. The van der Waals surface area contributed by atoms with Crippen LogP contribution in [0.1, 0.15) is 15.9 Å². The largest absolute Gasteiger partial charge is 0.493 e. The van der Waals surface area contributed by atoms with Crippen LogP contribution in [0.2, 0.25) is 0 Å². The van der Waals surface area contributed by atoms with Gasteiger partial charge in [0.1, 0.15) is 5.75 Å². The standard InChI is InChI=1S/C23H21NO3/c1-17-7-9-18(10-8-17)21(25)15-16-24-19-11-13-20(14-12-19)27-23-6-4-3-5-22(23)26-2/h3-16,24H,1-2H3/b16-15+. The van der Waals surface area contributed by atoms with Crippen LogP contribution in [-0.4, -0.2) is 12.9 Å². The lowest BCUT2D eigenvalue weighted by atomic mass is 10.1. The van der Waals surface area contributed by atoms with Gasteiger partial charge in [-0.05, 0) is 43.3 Å². The van der Waals surface area contributed by atoms with Crippen LogP contribution in [0.15, 0.2) is 85.1 Å². The molecule has 0 aliphatic carbocycles. The molecule has 3 aromatic carbocycles. The van der Waals surface area contributed by atoms with E-state index in [4.69, 9.17) is 9.47 Å². The Morgan fingerprint density at radius 3 is 2.22 bits per heavy atom. The van der Waals surface area contributed by atoms with Gasteiger partial charge in [0.15, 0.2) is 17.3 Å². The zero-order valence-electron chi connectivity index (χ0n) is 15.3. The molecule has 0 saturated heterocycles. The fraction of sp³-hybridized carbons (Fsp3) is 0.0870. The van der Waals surface area contributed by atoms with Crippen molar-refractivity contribution >= 4 is 11.5 Å². The third kappa shape index (κ3) is 4.98. The lowest BCUT2D eigenvalue weighted by molar-refractivity contribution is 0.104. The monoisotopic (exact) mass is 359 g/mol. The lowest BCUT2D eigenvalue weighted by Gasteiger charge is -2.10. The molecule has 0 heterocycles. The van der Waals surface area contributed by atoms with Gasteiger partial charge in [0, 0.05) is 23.5 Å². The van der Waals surface area contributed by atoms with Crippen LogP contribution >= 0.6 is 0 Å². The second-order valence-electron chi connectivity index (χ2n) is 5.99. The summed E-state index contributed by atoms with van der Waals surface area (Å²) in [7, 11) is 1.61. The summed E-state index contributed by atoms with van der Waals surface area (Å²) >= 11 is 0. The van der Waals surface area contributed by atoms with Gasteiger partial charge in [0.05, 0.1) is 7.11 Å². The van der Waals surface area contributed by atoms with Gasteiger partial charge >= 0.3 is 0 Å². The highest BCUT2D eigenvalue weighted by Crippen LogP contribution is 2.31. The first kappa shape index (κ1) is 18.3. The molecule has 0 aromatic heterocycles. The van der Waals surface area contributed by atoms with Crippen LogP contribution in [0.5, 0.6) is 17.2 Å². The maximum absolute atomic E-state index is 12.1. The quantitative estimate of drug-likeness (QED) is 0.440. The van der Waals surface area contributed by atoms with E-state index in [2.05, 4.69) is 5.32 Å². The SMILES string of the molecule is COc1ccccc1Oc1ccc(N/C=C/C(=O)c2ccc(C)cc2)cc1. The maximum atomic E-state index is 12.1. The number of aryl methyl sites for hydroxylation is 1. The highest BCUT2D eigenvalue weighted by Gasteiger charge is 2.04. The van der Waals surface area contributed by atoms with Crippen LogP contribution < -0.4 is 14.8 Å². The Balaban J connectivity index is 1.59. The van der Waals surface area contributed by atoms with E-state index in [1.165, 1.54) is 6.08 Å². The second-order valence-corrected chi connectivity index (χ2v) is 5.99. The van der Waals surface area contributed by atoms with Crippen LogP contribution in [0.3, 0.4) is 0 Å². The molecule has 0 bridgehead atoms. The number of carbonyl (C=O) groups is 1. The Labute approximate surface area is 159 Å². The molecule has 0 aliphatic heterocycles. The molecule has 0 radical (unpaired) electrons. The summed E-state index contributed by atoms with van der Waals surface area (Å²) in [5.74, 6) is 1.99. The Kier molecular flexibility index (Phi) is 5.90. The van der Waals surface area contributed by atoms with Gasteiger partial charge in [-0.25, -0.2) is 0 Å². The Bertz CT molecular complexity index is 929. The van der Waals surface area contributed by atoms with Crippen LogP contribution in [0.4, 0.5) is 5.69 Å². The predicted octanol–water partition coefficient (Wildman–Crippen LogP) is 5.60. The van der Waals surface area contributed by atoms with E-state index < -0.39 is 0 Å². The fourth-order valence-corrected chi connectivity index (χ4v) is 2.48. The van der Waals surface area contributed by atoms with Crippen molar-refractivity contribution in [1.82, 2.24) is 0 Å². The molecule has 4 nitrogen and oxygen atoms in total. The molecule has 0 spiro atoms. The van der Waals surface area contributed by atoms with Crippen molar-refractivity contribution in [2.75, 3.05) is 12.4 Å². The fourth-order valence-electron chi connectivity index (χ4n) is 2.48. The predicted molar refractivity (Wildman–Crippen MR) is 108 cm³/mol. The van der Waals surface area contributed by atoms with E-state index in [1.54, 1.807) is 13.3 Å². The lowest BCUT2D eigenvalue weighted by Crippen LogP contribution is -1.96. The smallest absolute Gasteiger partial charge is 0.187 e. The maximum Gasteiger partial charge on any atom is 0.187 e. The average Bonchev–Trinajstić information content (AvgIpc) is 2.70. The summed E-state index contributed by atoms with van der Waals surface area (Å²) < 4.78 is 11.1. The zero-order chi connectivity index (χ0) is 19.1. The minimum atomic E-state index is -0.0429. The van der Waals surface area contributed by atoms with Crippen molar-refractivity contribution in [3.05, 3.63) is 96.2 Å². The number of hydrogen-bond acceptors (Lipinski definition) is 4. The summed E-state index contributed by atoms with van der Waals surface area (Å²) in [6.45, 7) is 1.99. The van der Waals surface area contributed by atoms with Gasteiger partial charge in [0.25, 0.3) is 0 Å². The van der Waals surface area contributed by atoms with E-state index in [0.29, 0.717) is 22.8 Å². The molecule has 4 heteroatoms. The minimum Gasteiger partial charge on any atom is -0.493 e. The van der Waals surface area contributed by atoms with Crippen LogP contribution in [0.25, 0.3) is 0 Å². The molecule has 0 fully saturated rings. The number of anilines is 1. The number of para-hydroxylation sites is 2. The molecule has 27 heavy (non-hydrogen) atoms. The molecule has 3 rings (SSSR count). The number of allylic oxidation sites excluding steroid dienone is 1. The zero-order valence-corrected chi connectivity index (χ0v) is 15.3. The van der Waals surface area contributed by atoms with Crippen molar-refractivity contribution in [3.63, 3.8) is 0 Å². The number of methoxy groups -OCH3 is 1. The first-order valence-corrected chi connectivity index (χ1v) is 8.61. The summed E-state index contributed by atoms with van der Waals surface area (Å²) in [6.07, 6.45) is 3.15. The number of rotatable bonds is 7. The third-order valence-corrected chi connectivity index (χ3v) is 3.97. The van der Waals surface area contributed by atoms with Crippen molar-refractivity contribution < 1.29 is 14.3 Å². The summed E-state index contributed by atoms with van der Waals surface area (Å²) in [5, 5.41) is 3.09. The second kappa shape index (κ2) is 8.72. The van der Waals surface area contributed by atoms with E-state index in [9.17, 15) is 4.79 Å². The van der Waals surface area contributed by atoms with Gasteiger partial charge < -0.3 is 14.8 Å². The van der Waals surface area contributed by atoms with Crippen molar-refractivity contribution in [3.8, 4) is 17.2 Å². The van der Waals surface area contributed by atoms with Crippen LogP contribution in [0, 0.1) is 6.92 Å². The molecule has 0 atom stereocenters. The number of carbonyl (C=O) groups excluding carboxylic acids is 1. The Hall–Kier alpha value is -3.53. The first-order chi connectivity index (χ1) is 13.2. The van der Waals surface area contributed by atoms with Gasteiger partial charge in [-0.3, -0.25) is 4.79 Å². The van der Waals surface area contributed by atoms with E-state index in [-0.39, 0.29) is 5.78 Å². The van der Waals surface area contributed by atoms with Crippen molar-refractivity contribution in [2.24, 2.45) is 0 Å². The molecule has 136 valence electrons. The normalized spacial score (nSPS) is 10.6. The van der Waals surface area contributed by atoms with Crippen LogP contribution in [-0.2, 0) is 0 Å². The molecule has 1 N–H and O–H groups in total. The van der Waals surface area contributed by atoms with Gasteiger partial charge in [0.2, 0.25) is 0 Å². The number of hydrogen-bond donors (Lipinski definition) is 1. The highest BCUT2D eigenvalue weighted by atomic mass is 16.5. The Morgan fingerprint density at radius 2 is 1.56 bits per heavy atom. The first-order valence-electron chi connectivity index (χ1n) is 8.61. The Morgan fingerprint density at radius 1 is 0.889 bits per heavy atom. The number of ether oxygens (including phenoxy) is 2. The summed E-state index contributed by atoms with van der Waals surface area (Å²) in [5.41, 5.74) is 2.65. The molecule has 0 aliphatic rings. The number of benzene rings is 3. The molecule has 0 amide bonds. The van der Waals surface area contributed by atoms with Crippen molar-refractivity contribution in [1.29, 1.82) is 0 Å². The number of ketones is 1. The van der Waals surface area contributed by atoms with E-state index >= 15 is 0 Å². The number of nitrogens with one attached hydrogen (secondary N) is 1. The molecule has 3 aromatic rings. The van der Waals surface area contributed by atoms with E-state index in [0.717, 1.165) is 11.3 Å². The minimum absolute atomic E-state index is 0.0429. The van der Waals surface area contributed by atoms with Gasteiger partial charge in [-0.1, -0.05) is 42.0 Å². The molecule has 0 saturated carbocycles. The average molecular weight is 359 g/mol. The van der Waals surface area contributed by atoms with Gasteiger partial charge in [-0.2, -0.15) is 0 Å². The molecular formula is C23H21NO3. The summed E-state index contributed by atoms with van der Waals surface area (Å²) in [6, 6.07) is 22.5. The molecular weight excluding hydrogens is 338 g/mol. The topological polar surface area (TPSA) is 47.6 Å². The summed E-state index contributed by atoms with van der Waals surface area (Å²) in [4.78, 5) is 12.1. The van der Waals surface area contributed by atoms with E-state index in [1.807, 2.05) is 79.7 Å². The highest BCUT2D eigenvalue weighted by molar-refractivity contribution is 6.04. The van der Waals surface area contributed by atoms with Crippen molar-refractivity contribution in [2.45, 2.75) is 6.92 Å². The van der Waals surface area contributed by atoms with Gasteiger partial charge in [-0.15, -0.1) is 0 Å². The molecule has 0 unspecified atom stereocenters.